The third-order valence-corrected chi connectivity index (χ3v) is 2.04. The van der Waals surface area contributed by atoms with E-state index in [-0.39, 0.29) is 30.8 Å². The summed E-state index contributed by atoms with van der Waals surface area (Å²) < 4.78 is 51.1. The number of halogens is 4. The largest absolute Gasteiger partial charge is 0.493 e. The van der Waals surface area contributed by atoms with Gasteiger partial charge in [0.1, 0.15) is 12.4 Å². The lowest BCUT2D eigenvalue weighted by Gasteiger charge is -2.14. The van der Waals surface area contributed by atoms with Gasteiger partial charge in [-0.3, -0.25) is 0 Å². The SMILES string of the molecule is COc1ccc(OCC(F)(F)F)cc1OCC(C)N.Cl. The Morgan fingerprint density at radius 2 is 1.85 bits per heavy atom. The van der Waals surface area contributed by atoms with Crippen molar-refractivity contribution in [2.75, 3.05) is 20.3 Å². The molecule has 0 amide bonds. The normalized spacial score (nSPS) is 12.3. The number of nitrogens with two attached hydrogens (primary N) is 1. The highest BCUT2D eigenvalue weighted by Gasteiger charge is 2.28. The summed E-state index contributed by atoms with van der Waals surface area (Å²) in [5.41, 5.74) is 5.54. The Morgan fingerprint density at radius 3 is 2.35 bits per heavy atom. The molecule has 0 aliphatic carbocycles. The van der Waals surface area contributed by atoms with Gasteiger partial charge >= 0.3 is 6.18 Å². The summed E-state index contributed by atoms with van der Waals surface area (Å²) in [4.78, 5) is 0. The Kier molecular flexibility index (Phi) is 7.52. The zero-order valence-corrected chi connectivity index (χ0v) is 11.9. The van der Waals surface area contributed by atoms with E-state index in [1.54, 1.807) is 6.92 Å². The molecule has 0 saturated carbocycles. The number of alkyl halides is 3. The lowest BCUT2D eigenvalue weighted by Crippen LogP contribution is -2.23. The predicted octanol–water partition coefficient (Wildman–Crippen LogP) is 2.78. The van der Waals surface area contributed by atoms with Gasteiger partial charge in [0, 0.05) is 12.1 Å². The van der Waals surface area contributed by atoms with Crippen LogP contribution in [0.5, 0.6) is 17.2 Å². The van der Waals surface area contributed by atoms with Gasteiger partial charge in [-0.05, 0) is 19.1 Å². The van der Waals surface area contributed by atoms with Crippen LogP contribution in [-0.4, -0.2) is 32.5 Å². The van der Waals surface area contributed by atoms with Crippen LogP contribution in [0, 0.1) is 0 Å². The molecule has 4 nitrogen and oxygen atoms in total. The highest BCUT2D eigenvalue weighted by molar-refractivity contribution is 5.85. The second-order valence-corrected chi connectivity index (χ2v) is 4.00. The summed E-state index contributed by atoms with van der Waals surface area (Å²) >= 11 is 0. The molecule has 8 heteroatoms. The highest BCUT2D eigenvalue weighted by atomic mass is 35.5. The van der Waals surface area contributed by atoms with Crippen molar-refractivity contribution >= 4 is 12.4 Å². The van der Waals surface area contributed by atoms with Gasteiger partial charge in [-0.15, -0.1) is 12.4 Å². The molecule has 0 aliphatic heterocycles. The molecule has 20 heavy (non-hydrogen) atoms. The molecule has 0 spiro atoms. The van der Waals surface area contributed by atoms with E-state index in [0.29, 0.717) is 11.5 Å². The summed E-state index contributed by atoms with van der Waals surface area (Å²) in [7, 11) is 1.43. The van der Waals surface area contributed by atoms with Gasteiger partial charge in [-0.25, -0.2) is 0 Å². The zero-order valence-electron chi connectivity index (χ0n) is 11.1. The summed E-state index contributed by atoms with van der Waals surface area (Å²) in [6.45, 7) is 0.613. The van der Waals surface area contributed by atoms with Crippen LogP contribution in [0.3, 0.4) is 0 Å². The van der Waals surface area contributed by atoms with E-state index < -0.39 is 12.8 Å². The molecular weight excluding hydrogens is 299 g/mol. The van der Waals surface area contributed by atoms with E-state index in [4.69, 9.17) is 15.2 Å². The van der Waals surface area contributed by atoms with Crippen LogP contribution in [-0.2, 0) is 0 Å². The average molecular weight is 316 g/mol. The molecule has 1 unspecified atom stereocenters. The molecule has 0 bridgehead atoms. The maximum absolute atomic E-state index is 12.0. The quantitative estimate of drug-likeness (QED) is 0.877. The predicted molar refractivity (Wildman–Crippen MR) is 70.9 cm³/mol. The van der Waals surface area contributed by atoms with Crippen molar-refractivity contribution in [2.24, 2.45) is 5.73 Å². The summed E-state index contributed by atoms with van der Waals surface area (Å²) in [6, 6.07) is 3.99. The fourth-order valence-electron chi connectivity index (χ4n) is 1.25. The number of benzene rings is 1. The smallest absolute Gasteiger partial charge is 0.422 e. The van der Waals surface area contributed by atoms with Crippen LogP contribution < -0.4 is 19.9 Å². The monoisotopic (exact) mass is 315 g/mol. The Labute approximate surface area is 121 Å². The van der Waals surface area contributed by atoms with E-state index in [0.717, 1.165) is 0 Å². The van der Waals surface area contributed by atoms with Gasteiger partial charge in [0.2, 0.25) is 0 Å². The van der Waals surface area contributed by atoms with Crippen molar-refractivity contribution in [1.82, 2.24) is 0 Å². The van der Waals surface area contributed by atoms with Gasteiger partial charge in [0.25, 0.3) is 0 Å². The van der Waals surface area contributed by atoms with Crippen molar-refractivity contribution < 1.29 is 27.4 Å². The molecular formula is C12H17ClF3NO3. The standard InChI is InChI=1S/C12H16F3NO3.ClH/c1-8(16)6-18-11-5-9(3-4-10(11)17-2)19-7-12(13,14)15;/h3-5,8H,6-7,16H2,1-2H3;1H. The minimum atomic E-state index is -4.38. The fourth-order valence-corrected chi connectivity index (χ4v) is 1.25. The number of rotatable bonds is 6. The molecule has 1 rings (SSSR count). The molecule has 0 fully saturated rings. The Balaban J connectivity index is 0.00000361. The summed E-state index contributed by atoms with van der Waals surface area (Å²) in [5, 5.41) is 0. The van der Waals surface area contributed by atoms with Crippen LogP contribution in [0.1, 0.15) is 6.92 Å². The van der Waals surface area contributed by atoms with E-state index in [9.17, 15) is 13.2 Å². The first-order valence-corrected chi connectivity index (χ1v) is 5.58. The summed E-state index contributed by atoms with van der Waals surface area (Å²) in [6.07, 6.45) is -4.38. The molecule has 116 valence electrons. The fraction of sp³-hybridized carbons (Fsp3) is 0.500. The van der Waals surface area contributed by atoms with Crippen LogP contribution in [0.25, 0.3) is 0 Å². The molecule has 1 atom stereocenters. The molecule has 0 radical (unpaired) electrons. The van der Waals surface area contributed by atoms with Crippen LogP contribution in [0.4, 0.5) is 13.2 Å². The second kappa shape index (κ2) is 8.06. The summed E-state index contributed by atoms with van der Waals surface area (Å²) in [5.74, 6) is 0.747. The molecule has 0 aliphatic rings. The highest BCUT2D eigenvalue weighted by Crippen LogP contribution is 2.32. The Morgan fingerprint density at radius 1 is 1.20 bits per heavy atom. The average Bonchev–Trinajstić information content (AvgIpc) is 2.33. The first-order chi connectivity index (χ1) is 8.81. The number of hydrogen-bond donors (Lipinski definition) is 1. The number of methoxy groups -OCH3 is 1. The maximum atomic E-state index is 12.0. The first-order valence-electron chi connectivity index (χ1n) is 5.58. The van der Waals surface area contributed by atoms with Crippen molar-refractivity contribution in [3.63, 3.8) is 0 Å². The number of hydrogen-bond acceptors (Lipinski definition) is 4. The Hall–Kier alpha value is -1.34. The minimum Gasteiger partial charge on any atom is -0.493 e. The van der Waals surface area contributed by atoms with E-state index in [1.165, 1.54) is 25.3 Å². The van der Waals surface area contributed by atoms with E-state index in [1.807, 2.05) is 0 Å². The molecule has 1 aromatic rings. The van der Waals surface area contributed by atoms with E-state index in [2.05, 4.69) is 4.74 Å². The lowest BCUT2D eigenvalue weighted by molar-refractivity contribution is -0.153. The van der Waals surface area contributed by atoms with Crippen LogP contribution in [0.2, 0.25) is 0 Å². The van der Waals surface area contributed by atoms with Crippen LogP contribution in [0.15, 0.2) is 18.2 Å². The third kappa shape index (κ3) is 6.72. The topological polar surface area (TPSA) is 53.7 Å². The molecule has 0 aromatic heterocycles. The van der Waals surface area contributed by atoms with Gasteiger partial charge in [0.05, 0.1) is 7.11 Å². The molecule has 0 heterocycles. The second-order valence-electron chi connectivity index (χ2n) is 4.00. The molecule has 1 aromatic carbocycles. The zero-order chi connectivity index (χ0) is 14.5. The maximum Gasteiger partial charge on any atom is 0.422 e. The van der Waals surface area contributed by atoms with Gasteiger partial charge in [-0.2, -0.15) is 13.2 Å². The van der Waals surface area contributed by atoms with E-state index >= 15 is 0 Å². The van der Waals surface area contributed by atoms with Crippen molar-refractivity contribution in [1.29, 1.82) is 0 Å². The van der Waals surface area contributed by atoms with Gasteiger partial charge < -0.3 is 19.9 Å². The Bertz CT molecular complexity index is 413. The van der Waals surface area contributed by atoms with Gasteiger partial charge in [0.15, 0.2) is 18.1 Å². The van der Waals surface area contributed by atoms with Gasteiger partial charge in [-0.1, -0.05) is 0 Å². The van der Waals surface area contributed by atoms with Crippen molar-refractivity contribution in [3.8, 4) is 17.2 Å². The molecule has 2 N–H and O–H groups in total. The van der Waals surface area contributed by atoms with Crippen molar-refractivity contribution in [3.05, 3.63) is 18.2 Å². The minimum absolute atomic E-state index is 0. The first kappa shape index (κ1) is 18.7. The number of ether oxygens (including phenoxy) is 3. The van der Waals surface area contributed by atoms with Crippen LogP contribution >= 0.6 is 12.4 Å². The lowest BCUT2D eigenvalue weighted by atomic mass is 10.3. The molecule has 0 saturated heterocycles. The third-order valence-electron chi connectivity index (χ3n) is 2.04. The van der Waals surface area contributed by atoms with Crippen molar-refractivity contribution in [2.45, 2.75) is 19.1 Å².